The molecule has 0 saturated carbocycles. The summed E-state index contributed by atoms with van der Waals surface area (Å²) < 4.78 is 26.6. The van der Waals surface area contributed by atoms with Crippen molar-refractivity contribution in [2.75, 3.05) is 24.2 Å². The Balaban J connectivity index is 2.14. The van der Waals surface area contributed by atoms with Gasteiger partial charge in [0, 0.05) is 18.0 Å². The first kappa shape index (κ1) is 22.0. The molecule has 0 aliphatic heterocycles. The van der Waals surface area contributed by atoms with Gasteiger partial charge in [0.2, 0.25) is 15.9 Å². The molecule has 0 radical (unpaired) electrons. The number of nitrogens with zero attached hydrogens (tertiary/aromatic N) is 1. The van der Waals surface area contributed by atoms with Crippen molar-refractivity contribution in [3.63, 3.8) is 0 Å². The van der Waals surface area contributed by atoms with Crippen LogP contribution < -0.4 is 5.32 Å². The number of nitrogens with one attached hydrogen (secondary N) is 1. The lowest BCUT2D eigenvalue weighted by atomic mass is 10.3. The van der Waals surface area contributed by atoms with Gasteiger partial charge in [-0.1, -0.05) is 49.2 Å². The maximum absolute atomic E-state index is 12.6. The molecule has 1 N–H and O–H groups in total. The Labute approximate surface area is 174 Å². The first-order valence-corrected chi connectivity index (χ1v) is 11.4. The van der Waals surface area contributed by atoms with Gasteiger partial charge in [-0.15, -0.1) is 11.8 Å². The van der Waals surface area contributed by atoms with Gasteiger partial charge in [0.05, 0.1) is 26.4 Å². The van der Waals surface area contributed by atoms with E-state index in [9.17, 15) is 13.2 Å². The third kappa shape index (κ3) is 5.62. The number of benzene rings is 2. The predicted octanol–water partition coefficient (Wildman–Crippen LogP) is 4.75. The first-order valence-electron chi connectivity index (χ1n) is 8.26. The molecule has 1 amide bonds. The molecule has 0 spiro atoms. The molecule has 0 fully saturated rings. The van der Waals surface area contributed by atoms with E-state index in [0.29, 0.717) is 18.1 Å². The van der Waals surface area contributed by atoms with Gasteiger partial charge < -0.3 is 5.32 Å². The van der Waals surface area contributed by atoms with Gasteiger partial charge in [-0.25, -0.2) is 8.42 Å². The van der Waals surface area contributed by atoms with Crippen LogP contribution in [0.15, 0.2) is 52.3 Å². The molecule has 0 aliphatic rings. The van der Waals surface area contributed by atoms with E-state index < -0.39 is 10.0 Å². The van der Waals surface area contributed by atoms with Crippen LogP contribution in [0.2, 0.25) is 10.0 Å². The monoisotopic (exact) mass is 446 g/mol. The summed E-state index contributed by atoms with van der Waals surface area (Å²) in [6.45, 7) is 4.26. The molecule has 2 aromatic rings. The largest absolute Gasteiger partial charge is 0.324 e. The summed E-state index contributed by atoms with van der Waals surface area (Å²) in [5.74, 6) is -0.188. The second kappa shape index (κ2) is 9.80. The van der Waals surface area contributed by atoms with Gasteiger partial charge in [0.15, 0.2) is 0 Å². The zero-order chi connectivity index (χ0) is 20.0. The zero-order valence-corrected chi connectivity index (χ0v) is 18.1. The summed E-state index contributed by atoms with van der Waals surface area (Å²) in [4.78, 5) is 13.1. The highest BCUT2D eigenvalue weighted by molar-refractivity contribution is 8.00. The molecule has 2 rings (SSSR count). The lowest BCUT2D eigenvalue weighted by Gasteiger charge is -2.19. The van der Waals surface area contributed by atoms with Crippen LogP contribution in [0.25, 0.3) is 0 Å². The number of hydrogen-bond donors (Lipinski definition) is 1. The molecular weight excluding hydrogens is 427 g/mol. The Morgan fingerprint density at radius 3 is 2.37 bits per heavy atom. The van der Waals surface area contributed by atoms with E-state index in [0.717, 1.165) is 4.90 Å². The molecule has 0 saturated heterocycles. The van der Waals surface area contributed by atoms with E-state index in [-0.39, 0.29) is 27.3 Å². The molecule has 27 heavy (non-hydrogen) atoms. The van der Waals surface area contributed by atoms with Gasteiger partial charge in [0.1, 0.15) is 0 Å². The molecular formula is C18H20Cl2N2O3S2. The molecule has 2 aromatic carbocycles. The molecule has 0 aliphatic carbocycles. The molecule has 0 unspecified atom stereocenters. The summed E-state index contributed by atoms with van der Waals surface area (Å²) in [7, 11) is -3.64. The van der Waals surface area contributed by atoms with Crippen molar-refractivity contribution < 1.29 is 13.2 Å². The maximum atomic E-state index is 12.6. The molecule has 5 nitrogen and oxygen atoms in total. The standard InChI is InChI=1S/C18H20Cl2N2O3S2/c1-3-22(4-2)27(24,25)13-9-10-14(19)16(11-13)21-18(23)12-26-17-8-6-5-7-15(17)20/h5-11H,3-4,12H2,1-2H3,(H,21,23). The van der Waals surface area contributed by atoms with Gasteiger partial charge in [-0.3, -0.25) is 4.79 Å². The van der Waals surface area contributed by atoms with Gasteiger partial charge in [-0.05, 0) is 30.3 Å². The number of amides is 1. The first-order chi connectivity index (χ1) is 12.8. The number of sulfonamides is 1. The van der Waals surface area contributed by atoms with Crippen LogP contribution >= 0.6 is 35.0 Å². The zero-order valence-electron chi connectivity index (χ0n) is 14.9. The molecule has 0 bridgehead atoms. The summed E-state index contributed by atoms with van der Waals surface area (Å²) in [6, 6.07) is 11.5. The van der Waals surface area contributed by atoms with Crippen LogP contribution in [0.4, 0.5) is 5.69 Å². The molecule has 9 heteroatoms. The van der Waals surface area contributed by atoms with E-state index in [1.54, 1.807) is 19.9 Å². The fraction of sp³-hybridized carbons (Fsp3) is 0.278. The maximum Gasteiger partial charge on any atom is 0.243 e. The third-order valence-electron chi connectivity index (χ3n) is 3.75. The lowest BCUT2D eigenvalue weighted by Crippen LogP contribution is -2.30. The van der Waals surface area contributed by atoms with Gasteiger partial charge >= 0.3 is 0 Å². The average molecular weight is 447 g/mol. The molecule has 0 aromatic heterocycles. The Morgan fingerprint density at radius 1 is 1.07 bits per heavy atom. The van der Waals surface area contributed by atoms with Crippen molar-refractivity contribution in [3.8, 4) is 0 Å². The smallest absolute Gasteiger partial charge is 0.243 e. The van der Waals surface area contributed by atoms with E-state index in [1.165, 1.54) is 34.3 Å². The van der Waals surface area contributed by atoms with Crippen LogP contribution in [-0.4, -0.2) is 37.5 Å². The minimum absolute atomic E-state index is 0.0876. The summed E-state index contributed by atoms with van der Waals surface area (Å²) >= 11 is 13.5. The van der Waals surface area contributed by atoms with Crippen LogP contribution in [0, 0.1) is 0 Å². The number of halogens is 2. The highest BCUT2D eigenvalue weighted by Crippen LogP contribution is 2.29. The van der Waals surface area contributed by atoms with Crippen LogP contribution in [-0.2, 0) is 14.8 Å². The third-order valence-corrected chi connectivity index (χ3v) is 7.64. The number of anilines is 1. The normalized spacial score (nSPS) is 11.6. The summed E-state index contributed by atoms with van der Waals surface area (Å²) in [6.07, 6.45) is 0. The second-order valence-electron chi connectivity index (χ2n) is 5.50. The summed E-state index contributed by atoms with van der Waals surface area (Å²) in [5.41, 5.74) is 0.259. The SMILES string of the molecule is CCN(CC)S(=O)(=O)c1ccc(Cl)c(NC(=O)CSc2ccccc2Cl)c1. The van der Waals surface area contributed by atoms with E-state index in [2.05, 4.69) is 5.32 Å². The van der Waals surface area contributed by atoms with Crippen molar-refractivity contribution >= 4 is 56.6 Å². The number of thioether (sulfide) groups is 1. The Bertz CT molecular complexity index is 917. The van der Waals surface area contributed by atoms with Crippen LogP contribution in [0.1, 0.15) is 13.8 Å². The molecule has 0 heterocycles. The van der Waals surface area contributed by atoms with Crippen molar-refractivity contribution in [2.24, 2.45) is 0 Å². The van der Waals surface area contributed by atoms with E-state index in [1.807, 2.05) is 18.2 Å². The Hall–Kier alpha value is -1.25. The molecule has 146 valence electrons. The molecule has 0 atom stereocenters. The van der Waals surface area contributed by atoms with Crippen molar-refractivity contribution in [2.45, 2.75) is 23.6 Å². The van der Waals surface area contributed by atoms with Crippen molar-refractivity contribution in [3.05, 3.63) is 52.5 Å². The van der Waals surface area contributed by atoms with E-state index in [4.69, 9.17) is 23.2 Å². The fourth-order valence-electron chi connectivity index (χ4n) is 2.36. The fourth-order valence-corrected chi connectivity index (χ4v) is 5.05. The van der Waals surface area contributed by atoms with Crippen LogP contribution in [0.5, 0.6) is 0 Å². The second-order valence-corrected chi connectivity index (χ2v) is 9.27. The minimum Gasteiger partial charge on any atom is -0.324 e. The highest BCUT2D eigenvalue weighted by atomic mass is 35.5. The Kier molecular flexibility index (Phi) is 8.00. The van der Waals surface area contributed by atoms with Gasteiger partial charge in [0.25, 0.3) is 0 Å². The quantitative estimate of drug-likeness (QED) is 0.593. The lowest BCUT2D eigenvalue weighted by molar-refractivity contribution is -0.113. The number of carbonyl (C=O) groups is 1. The minimum atomic E-state index is -3.64. The summed E-state index contributed by atoms with van der Waals surface area (Å²) in [5, 5.41) is 3.51. The number of rotatable bonds is 8. The van der Waals surface area contributed by atoms with Crippen LogP contribution in [0.3, 0.4) is 0 Å². The van der Waals surface area contributed by atoms with Crippen molar-refractivity contribution in [1.29, 1.82) is 0 Å². The Morgan fingerprint density at radius 2 is 1.74 bits per heavy atom. The topological polar surface area (TPSA) is 66.5 Å². The predicted molar refractivity (Wildman–Crippen MR) is 112 cm³/mol. The van der Waals surface area contributed by atoms with Crippen molar-refractivity contribution in [1.82, 2.24) is 4.31 Å². The van der Waals surface area contributed by atoms with E-state index >= 15 is 0 Å². The highest BCUT2D eigenvalue weighted by Gasteiger charge is 2.22. The number of carbonyl (C=O) groups excluding carboxylic acids is 1. The average Bonchev–Trinajstić information content (AvgIpc) is 2.63. The van der Waals surface area contributed by atoms with Gasteiger partial charge in [-0.2, -0.15) is 4.31 Å². The number of hydrogen-bond acceptors (Lipinski definition) is 4.